The van der Waals surface area contributed by atoms with Gasteiger partial charge in [0, 0.05) is 34.9 Å². The van der Waals surface area contributed by atoms with Crippen molar-refractivity contribution in [2.45, 2.75) is 18.4 Å². The molecule has 0 fully saturated rings. The van der Waals surface area contributed by atoms with Gasteiger partial charge >= 0.3 is 0 Å². The van der Waals surface area contributed by atoms with Crippen molar-refractivity contribution >= 4 is 52.1 Å². The van der Waals surface area contributed by atoms with Gasteiger partial charge in [0.05, 0.1) is 11.4 Å². The van der Waals surface area contributed by atoms with Gasteiger partial charge in [0.1, 0.15) is 12.0 Å². The molecule has 1 unspecified atom stereocenters. The summed E-state index contributed by atoms with van der Waals surface area (Å²) in [6.07, 6.45) is 0.422. The number of nitrogens with zero attached hydrogens (tertiary/aromatic N) is 3. The van der Waals surface area contributed by atoms with Gasteiger partial charge < -0.3 is 14.9 Å². The topological polar surface area (TPSA) is 64.1 Å². The van der Waals surface area contributed by atoms with Gasteiger partial charge in [-0.3, -0.25) is 14.5 Å². The Hall–Kier alpha value is -3.68. The minimum Gasteiger partial charge on any atom is -0.380 e. The van der Waals surface area contributed by atoms with Gasteiger partial charge in [-0.15, -0.1) is 0 Å². The van der Waals surface area contributed by atoms with Gasteiger partial charge in [0.25, 0.3) is 0 Å². The third kappa shape index (κ3) is 6.97. The molecule has 1 aliphatic rings. The minimum absolute atomic E-state index is 0.169. The molecule has 4 aromatic carbocycles. The predicted octanol–water partition coefficient (Wildman–Crippen LogP) is 6.90. The van der Waals surface area contributed by atoms with Crippen LogP contribution in [0, 0.1) is 0 Å². The van der Waals surface area contributed by atoms with E-state index in [1.54, 1.807) is 30.1 Å². The maximum absolute atomic E-state index is 12.5. The summed E-state index contributed by atoms with van der Waals surface area (Å²) in [4.78, 5) is 29.7. The van der Waals surface area contributed by atoms with Crippen molar-refractivity contribution in [3.8, 4) is 0 Å². The van der Waals surface area contributed by atoms with Crippen LogP contribution in [0.5, 0.6) is 0 Å². The predicted molar refractivity (Wildman–Crippen MR) is 167 cm³/mol. The molecule has 1 heterocycles. The summed E-state index contributed by atoms with van der Waals surface area (Å²) in [5.74, 6) is -0.499. The zero-order chi connectivity index (χ0) is 29.6. The minimum atomic E-state index is -1.07. The van der Waals surface area contributed by atoms with Crippen LogP contribution in [0.2, 0.25) is 10.0 Å². The number of para-hydroxylation sites is 1. The molecule has 0 aliphatic carbocycles. The Morgan fingerprint density at radius 1 is 0.805 bits per heavy atom. The molecule has 0 saturated heterocycles. The summed E-state index contributed by atoms with van der Waals surface area (Å²) in [5, 5.41) is 12.4. The largest absolute Gasteiger partial charge is 0.380 e. The molecule has 6 nitrogen and oxygen atoms in total. The quantitative estimate of drug-likeness (QED) is 0.248. The van der Waals surface area contributed by atoms with Crippen molar-refractivity contribution in [3.05, 3.63) is 124 Å². The molecule has 8 heteroatoms. The highest BCUT2D eigenvalue weighted by molar-refractivity contribution is 6.32. The van der Waals surface area contributed by atoms with Gasteiger partial charge in [-0.1, -0.05) is 89.9 Å². The molecule has 0 spiro atoms. The fraction of sp³-hybridized carbons (Fsp3) is 0.212. The lowest BCUT2D eigenvalue weighted by molar-refractivity contribution is -0.125. The number of fused-ring (bicyclic) bond motifs is 1. The number of carbonyl (C=O) groups excluding carboxylic acids is 2. The summed E-state index contributed by atoms with van der Waals surface area (Å²) in [7, 11) is 5.66. The molecule has 1 N–H and O–H groups in total. The van der Waals surface area contributed by atoms with Crippen molar-refractivity contribution in [1.29, 1.82) is 0 Å². The first kappa shape index (κ1) is 30.3. The average Bonchev–Trinajstić information content (AvgIpc) is 3.06. The average molecular weight is 591 g/mol. The van der Waals surface area contributed by atoms with Crippen LogP contribution < -0.4 is 9.80 Å². The Morgan fingerprint density at radius 3 is 2.05 bits per heavy atom. The molecular weight excluding hydrogens is 557 g/mol. The second-order valence-corrected chi connectivity index (χ2v) is 10.9. The van der Waals surface area contributed by atoms with Gasteiger partial charge in [0.2, 0.25) is 11.8 Å². The molecule has 212 valence electrons. The molecule has 4 aromatic rings. The third-order valence-corrected chi connectivity index (χ3v) is 7.54. The highest BCUT2D eigenvalue weighted by Crippen LogP contribution is 2.39. The van der Waals surface area contributed by atoms with Crippen molar-refractivity contribution < 1.29 is 14.7 Å². The van der Waals surface area contributed by atoms with Crippen LogP contribution in [0.4, 0.5) is 17.1 Å². The Kier molecular flexibility index (Phi) is 9.84. The van der Waals surface area contributed by atoms with E-state index in [1.165, 1.54) is 4.90 Å². The lowest BCUT2D eigenvalue weighted by Crippen LogP contribution is -2.32. The fourth-order valence-corrected chi connectivity index (χ4v) is 5.20. The number of hydrogen-bond donors (Lipinski definition) is 1. The molecule has 0 radical (unpaired) electrons. The third-order valence-electron chi connectivity index (χ3n) is 6.97. The van der Waals surface area contributed by atoms with E-state index in [1.807, 2.05) is 99.0 Å². The maximum Gasteiger partial charge on any atom is 0.241 e. The fourth-order valence-electron chi connectivity index (χ4n) is 4.75. The number of halogens is 2. The number of hydrogen-bond acceptors (Lipinski definition) is 4. The van der Waals surface area contributed by atoms with Crippen LogP contribution in [0.15, 0.2) is 103 Å². The summed E-state index contributed by atoms with van der Waals surface area (Å²) in [6.45, 7) is 0.774. The molecule has 1 atom stereocenters. The standard InChI is InChI=1S/C17H20ClNO.C16H13ClN2O2/c1-19(2)13-12-17(20,14-8-4-3-5-9-14)15-10-6-7-11-16(15)18;1-18-13-8-7-11(17)9-14(13)19(16(21)10-15(18)20)12-5-3-2-4-6-12/h3-11,20H,12-13H2,1-2H3;2-9H,10H2,1H3. The molecule has 0 bridgehead atoms. The highest BCUT2D eigenvalue weighted by atomic mass is 35.5. The number of anilines is 3. The van der Waals surface area contributed by atoms with Crippen molar-refractivity contribution in [2.75, 3.05) is 37.5 Å². The first-order valence-corrected chi connectivity index (χ1v) is 14.0. The van der Waals surface area contributed by atoms with Crippen LogP contribution in [0.25, 0.3) is 0 Å². The van der Waals surface area contributed by atoms with Crippen molar-refractivity contribution in [2.24, 2.45) is 0 Å². The molecule has 1 aliphatic heterocycles. The Labute approximate surface area is 251 Å². The molecule has 41 heavy (non-hydrogen) atoms. The van der Waals surface area contributed by atoms with Gasteiger partial charge in [-0.25, -0.2) is 0 Å². The number of benzene rings is 4. The second-order valence-electron chi connectivity index (χ2n) is 10.1. The van der Waals surface area contributed by atoms with E-state index in [0.29, 0.717) is 33.5 Å². The van der Waals surface area contributed by atoms with Crippen molar-refractivity contribution in [3.63, 3.8) is 0 Å². The van der Waals surface area contributed by atoms with E-state index in [9.17, 15) is 14.7 Å². The maximum atomic E-state index is 12.5. The van der Waals surface area contributed by atoms with Crippen LogP contribution in [-0.4, -0.2) is 49.5 Å². The summed E-state index contributed by atoms with van der Waals surface area (Å²) in [6, 6.07) is 31.6. The number of amides is 2. The summed E-state index contributed by atoms with van der Waals surface area (Å²) >= 11 is 12.4. The van der Waals surface area contributed by atoms with Crippen molar-refractivity contribution in [1.82, 2.24) is 4.90 Å². The number of aliphatic hydroxyl groups is 1. The molecule has 2 amide bonds. The van der Waals surface area contributed by atoms with E-state index in [2.05, 4.69) is 4.90 Å². The number of rotatable bonds is 6. The Bertz CT molecular complexity index is 1500. The SMILES string of the molecule is CN(C)CCC(O)(c1ccccc1)c1ccccc1Cl.CN1C(=O)CC(=O)N(c2ccccc2)c2cc(Cl)ccc21. The zero-order valence-corrected chi connectivity index (χ0v) is 24.8. The summed E-state index contributed by atoms with van der Waals surface area (Å²) < 4.78 is 0. The number of carbonyl (C=O) groups is 2. The van der Waals surface area contributed by atoms with Crippen LogP contribution in [-0.2, 0) is 15.2 Å². The molecule has 5 rings (SSSR count). The van der Waals surface area contributed by atoms with E-state index in [-0.39, 0.29) is 18.2 Å². The molecule has 0 aromatic heterocycles. The lowest BCUT2D eigenvalue weighted by atomic mass is 9.83. The Balaban J connectivity index is 0.000000189. The second kappa shape index (κ2) is 13.3. The van der Waals surface area contributed by atoms with E-state index < -0.39 is 5.60 Å². The normalized spacial score (nSPS) is 14.6. The van der Waals surface area contributed by atoms with Gasteiger partial charge in [-0.05, 0) is 62.5 Å². The smallest absolute Gasteiger partial charge is 0.241 e. The zero-order valence-electron chi connectivity index (χ0n) is 23.3. The first-order chi connectivity index (χ1) is 19.6. The molecular formula is C33H33Cl2N3O3. The van der Waals surface area contributed by atoms with E-state index in [0.717, 1.165) is 17.7 Å². The van der Waals surface area contributed by atoms with E-state index >= 15 is 0 Å². The van der Waals surface area contributed by atoms with Gasteiger partial charge in [-0.2, -0.15) is 0 Å². The van der Waals surface area contributed by atoms with Gasteiger partial charge in [0.15, 0.2) is 0 Å². The molecule has 0 saturated carbocycles. The van der Waals surface area contributed by atoms with E-state index in [4.69, 9.17) is 23.2 Å². The highest BCUT2D eigenvalue weighted by Gasteiger charge is 2.33. The monoisotopic (exact) mass is 589 g/mol. The van der Waals surface area contributed by atoms with Crippen LogP contribution in [0.3, 0.4) is 0 Å². The summed E-state index contributed by atoms with van der Waals surface area (Å²) in [5.41, 5.74) is 2.56. The lowest BCUT2D eigenvalue weighted by Gasteiger charge is -2.31. The Morgan fingerprint density at radius 2 is 1.41 bits per heavy atom. The van der Waals surface area contributed by atoms with Crippen LogP contribution in [0.1, 0.15) is 24.0 Å². The van der Waals surface area contributed by atoms with Crippen LogP contribution >= 0.6 is 23.2 Å². The first-order valence-electron chi connectivity index (χ1n) is 13.2.